The van der Waals surface area contributed by atoms with Crippen molar-refractivity contribution in [2.24, 2.45) is 0 Å². The van der Waals surface area contributed by atoms with E-state index in [4.69, 9.17) is 0 Å². The third-order valence-corrected chi connectivity index (χ3v) is 0.287. The molecule has 0 saturated carbocycles. The van der Waals surface area contributed by atoms with Crippen LogP contribution in [0.25, 0.3) is 0 Å². The SMILES string of the molecule is CCONOC. The summed E-state index contributed by atoms with van der Waals surface area (Å²) < 4.78 is 0. The second kappa shape index (κ2) is 4.88. The van der Waals surface area contributed by atoms with Crippen LogP contribution in [-0.4, -0.2) is 13.7 Å². The quantitative estimate of drug-likeness (QED) is 0.394. The van der Waals surface area contributed by atoms with Crippen LogP contribution in [0.15, 0.2) is 0 Å². The average molecular weight is 91.1 g/mol. The van der Waals surface area contributed by atoms with E-state index in [9.17, 15) is 0 Å². The Morgan fingerprint density at radius 2 is 2.33 bits per heavy atom. The molecule has 0 saturated heterocycles. The van der Waals surface area contributed by atoms with Gasteiger partial charge in [0, 0.05) is 0 Å². The Morgan fingerprint density at radius 3 is 2.50 bits per heavy atom. The molecule has 0 rings (SSSR count). The van der Waals surface area contributed by atoms with Crippen molar-refractivity contribution in [2.75, 3.05) is 13.7 Å². The lowest BCUT2D eigenvalue weighted by Crippen LogP contribution is -2.11. The fraction of sp³-hybridized carbons (Fsp3) is 1.00. The van der Waals surface area contributed by atoms with Crippen LogP contribution in [0.5, 0.6) is 0 Å². The number of hydrogen-bond acceptors (Lipinski definition) is 3. The molecular formula is C3H9NO2. The predicted octanol–water partition coefficient (Wildman–Crippen LogP) is 0.0889. The summed E-state index contributed by atoms with van der Waals surface area (Å²) in [5.74, 6) is 0. The second-order valence-electron chi connectivity index (χ2n) is 0.720. The Kier molecular flexibility index (Phi) is 4.78. The van der Waals surface area contributed by atoms with Crippen molar-refractivity contribution in [1.82, 2.24) is 5.64 Å². The first kappa shape index (κ1) is 5.88. The predicted molar refractivity (Wildman–Crippen MR) is 21.8 cm³/mol. The van der Waals surface area contributed by atoms with E-state index in [2.05, 4.69) is 15.3 Å². The first-order chi connectivity index (χ1) is 2.91. The number of hydrogen-bond donors (Lipinski definition) is 1. The van der Waals surface area contributed by atoms with Crippen LogP contribution in [0.1, 0.15) is 6.92 Å². The van der Waals surface area contributed by atoms with Gasteiger partial charge in [0.2, 0.25) is 0 Å². The first-order valence-corrected chi connectivity index (χ1v) is 1.81. The van der Waals surface area contributed by atoms with Crippen molar-refractivity contribution in [3.05, 3.63) is 0 Å². The normalized spacial score (nSPS) is 9.00. The van der Waals surface area contributed by atoms with Gasteiger partial charge in [0.25, 0.3) is 0 Å². The maximum atomic E-state index is 4.51. The molecule has 0 aliphatic rings. The summed E-state index contributed by atoms with van der Waals surface area (Å²) in [6, 6.07) is 0. The second-order valence-corrected chi connectivity index (χ2v) is 0.720. The first-order valence-electron chi connectivity index (χ1n) is 1.81. The molecule has 0 spiro atoms. The monoisotopic (exact) mass is 91.1 g/mol. The molecule has 0 aromatic rings. The van der Waals surface area contributed by atoms with E-state index < -0.39 is 0 Å². The number of nitrogens with one attached hydrogen (secondary N) is 1. The Hall–Kier alpha value is -0.120. The van der Waals surface area contributed by atoms with Crippen molar-refractivity contribution in [3.8, 4) is 0 Å². The Morgan fingerprint density at radius 1 is 1.67 bits per heavy atom. The van der Waals surface area contributed by atoms with E-state index in [1.807, 2.05) is 6.92 Å². The van der Waals surface area contributed by atoms with Gasteiger partial charge in [-0.3, -0.25) is 9.68 Å². The summed E-state index contributed by atoms with van der Waals surface area (Å²) in [5, 5.41) is 0. The molecule has 0 atom stereocenters. The van der Waals surface area contributed by atoms with Crippen molar-refractivity contribution in [3.63, 3.8) is 0 Å². The highest BCUT2D eigenvalue weighted by Gasteiger charge is 1.68. The zero-order valence-electron chi connectivity index (χ0n) is 4.02. The molecule has 0 aromatic carbocycles. The van der Waals surface area contributed by atoms with Gasteiger partial charge >= 0.3 is 0 Å². The topological polar surface area (TPSA) is 30.5 Å². The molecular weight excluding hydrogens is 82.0 g/mol. The minimum Gasteiger partial charge on any atom is -0.280 e. The smallest absolute Gasteiger partial charge is 0.0680 e. The van der Waals surface area contributed by atoms with Crippen molar-refractivity contribution in [1.29, 1.82) is 0 Å². The van der Waals surface area contributed by atoms with E-state index in [1.165, 1.54) is 7.11 Å². The lowest BCUT2D eigenvalue weighted by molar-refractivity contribution is -0.147. The maximum Gasteiger partial charge on any atom is 0.0680 e. The largest absolute Gasteiger partial charge is 0.280 e. The zero-order valence-corrected chi connectivity index (χ0v) is 4.02. The molecule has 6 heavy (non-hydrogen) atoms. The Labute approximate surface area is 37.2 Å². The van der Waals surface area contributed by atoms with Crippen LogP contribution in [-0.2, 0) is 9.68 Å². The van der Waals surface area contributed by atoms with Gasteiger partial charge in [0.05, 0.1) is 13.7 Å². The maximum absolute atomic E-state index is 4.51. The summed E-state index contributed by atoms with van der Waals surface area (Å²) >= 11 is 0. The van der Waals surface area contributed by atoms with Crippen LogP contribution in [0, 0.1) is 0 Å². The van der Waals surface area contributed by atoms with Gasteiger partial charge in [-0.25, -0.2) is 0 Å². The van der Waals surface area contributed by atoms with Gasteiger partial charge in [0.15, 0.2) is 0 Å². The molecule has 0 fully saturated rings. The third-order valence-electron chi connectivity index (χ3n) is 0.287. The summed E-state index contributed by atoms with van der Waals surface area (Å²) in [6.45, 7) is 2.49. The van der Waals surface area contributed by atoms with Crippen molar-refractivity contribution in [2.45, 2.75) is 6.92 Å². The molecule has 0 radical (unpaired) electrons. The highest BCUT2D eigenvalue weighted by Crippen LogP contribution is 1.58. The standard InChI is InChI=1S/C3H9NO2/c1-3-6-4-5-2/h4H,3H2,1-2H3. The Bertz CT molecular complexity index is 20.8. The molecule has 1 N–H and O–H groups in total. The van der Waals surface area contributed by atoms with Gasteiger partial charge in [-0.1, -0.05) is 5.64 Å². The third kappa shape index (κ3) is 3.88. The van der Waals surface area contributed by atoms with Crippen molar-refractivity contribution < 1.29 is 9.68 Å². The minimum absolute atomic E-state index is 0.619. The van der Waals surface area contributed by atoms with Crippen LogP contribution in [0.3, 0.4) is 0 Å². The van der Waals surface area contributed by atoms with Gasteiger partial charge in [0.1, 0.15) is 0 Å². The minimum atomic E-state index is 0.619. The molecule has 0 unspecified atom stereocenters. The summed E-state index contributed by atoms with van der Waals surface area (Å²) in [7, 11) is 1.50. The van der Waals surface area contributed by atoms with E-state index in [-0.39, 0.29) is 0 Å². The summed E-state index contributed by atoms with van der Waals surface area (Å²) in [5.41, 5.74) is 2.20. The van der Waals surface area contributed by atoms with Gasteiger partial charge in [-0.2, -0.15) is 0 Å². The van der Waals surface area contributed by atoms with E-state index in [0.717, 1.165) is 0 Å². The molecule has 0 aromatic heterocycles. The molecule has 38 valence electrons. The van der Waals surface area contributed by atoms with Gasteiger partial charge in [-0.05, 0) is 6.92 Å². The van der Waals surface area contributed by atoms with E-state index in [1.54, 1.807) is 0 Å². The Balaban J connectivity index is 2.34. The average Bonchev–Trinajstić information content (AvgIpc) is 1.61. The van der Waals surface area contributed by atoms with Crippen LogP contribution >= 0.6 is 0 Å². The summed E-state index contributed by atoms with van der Waals surface area (Å²) in [4.78, 5) is 8.82. The highest BCUT2D eigenvalue weighted by atomic mass is 16.9. The van der Waals surface area contributed by atoms with Gasteiger partial charge < -0.3 is 0 Å². The fourth-order valence-corrected chi connectivity index (χ4v) is 0.118. The molecule has 0 bridgehead atoms. The molecule has 0 amide bonds. The molecule has 3 nitrogen and oxygen atoms in total. The number of rotatable bonds is 3. The highest BCUT2D eigenvalue weighted by molar-refractivity contribution is 3.94. The molecule has 0 heterocycles. The van der Waals surface area contributed by atoms with E-state index >= 15 is 0 Å². The van der Waals surface area contributed by atoms with Gasteiger partial charge in [-0.15, -0.1) is 0 Å². The summed E-state index contributed by atoms with van der Waals surface area (Å²) in [6.07, 6.45) is 0. The van der Waals surface area contributed by atoms with Crippen molar-refractivity contribution >= 4 is 0 Å². The molecule has 0 aliphatic carbocycles. The van der Waals surface area contributed by atoms with E-state index in [0.29, 0.717) is 6.61 Å². The van der Waals surface area contributed by atoms with Crippen LogP contribution < -0.4 is 5.64 Å². The lowest BCUT2D eigenvalue weighted by atomic mass is 10.9. The van der Waals surface area contributed by atoms with Crippen LogP contribution in [0.4, 0.5) is 0 Å². The molecule has 0 aliphatic heterocycles. The lowest BCUT2D eigenvalue weighted by Gasteiger charge is -1.94. The fourth-order valence-electron chi connectivity index (χ4n) is 0.118. The molecule has 3 heteroatoms. The zero-order chi connectivity index (χ0) is 4.83. The van der Waals surface area contributed by atoms with Crippen LogP contribution in [0.2, 0.25) is 0 Å².